The van der Waals surface area contributed by atoms with E-state index < -0.39 is 10.0 Å². The van der Waals surface area contributed by atoms with Crippen LogP contribution < -0.4 is 0 Å². The van der Waals surface area contributed by atoms with Crippen molar-refractivity contribution in [2.45, 2.75) is 30.7 Å². The van der Waals surface area contributed by atoms with Gasteiger partial charge in [-0.05, 0) is 54.7 Å². The molecule has 0 N–H and O–H groups in total. The first kappa shape index (κ1) is 23.4. The highest BCUT2D eigenvalue weighted by atomic mass is 32.2. The third-order valence-electron chi connectivity index (χ3n) is 7.23. The third kappa shape index (κ3) is 5.17. The first-order valence-electron chi connectivity index (χ1n) is 12.2. The smallest absolute Gasteiger partial charge is 0.243 e. The molecule has 9 heteroatoms. The minimum atomic E-state index is -3.52. The molecule has 2 aliphatic heterocycles. The van der Waals surface area contributed by atoms with Gasteiger partial charge >= 0.3 is 0 Å². The Bertz CT molecular complexity index is 1110. The van der Waals surface area contributed by atoms with E-state index in [1.165, 1.54) is 9.87 Å². The number of pyridine rings is 1. The van der Waals surface area contributed by atoms with Crippen molar-refractivity contribution in [2.75, 3.05) is 58.9 Å². The number of sulfonamides is 1. The number of benzene rings is 1. The first-order valence-corrected chi connectivity index (χ1v) is 13.7. The Balaban J connectivity index is 1.09. The third-order valence-corrected chi connectivity index (χ3v) is 9.13. The largest absolute Gasteiger partial charge is 0.339 e. The van der Waals surface area contributed by atoms with Gasteiger partial charge in [-0.2, -0.15) is 4.31 Å². The van der Waals surface area contributed by atoms with E-state index in [1.807, 2.05) is 41.4 Å². The molecule has 34 heavy (non-hydrogen) atoms. The molecule has 0 atom stereocenters. The van der Waals surface area contributed by atoms with E-state index in [9.17, 15) is 13.2 Å². The summed E-state index contributed by atoms with van der Waals surface area (Å²) in [6.07, 6.45) is 4.91. The first-order chi connectivity index (χ1) is 16.5. The maximum absolute atomic E-state index is 13.1. The van der Waals surface area contributed by atoms with Gasteiger partial charge in [-0.3, -0.25) is 19.6 Å². The highest BCUT2D eigenvalue weighted by Gasteiger charge is 2.31. The molecule has 1 aromatic heterocycles. The Morgan fingerprint density at radius 1 is 0.853 bits per heavy atom. The molecule has 2 aromatic rings. The van der Waals surface area contributed by atoms with E-state index in [4.69, 9.17) is 0 Å². The van der Waals surface area contributed by atoms with E-state index in [0.717, 1.165) is 63.2 Å². The topological polar surface area (TPSA) is 77.1 Å². The quantitative estimate of drug-likeness (QED) is 0.615. The number of hydrogen-bond acceptors (Lipinski definition) is 6. The van der Waals surface area contributed by atoms with Crippen molar-refractivity contribution in [1.29, 1.82) is 0 Å². The molecule has 5 rings (SSSR count). The zero-order valence-corrected chi connectivity index (χ0v) is 20.4. The van der Waals surface area contributed by atoms with Crippen LogP contribution in [0.1, 0.15) is 23.2 Å². The molecule has 2 fully saturated rings. The normalized spacial score (nSPS) is 20.4. The van der Waals surface area contributed by atoms with Crippen molar-refractivity contribution in [3.05, 3.63) is 59.4 Å². The van der Waals surface area contributed by atoms with Crippen LogP contribution in [0.5, 0.6) is 0 Å². The summed E-state index contributed by atoms with van der Waals surface area (Å²) in [7, 11) is -3.52. The standard InChI is InChI=1S/C25H33N5O3S/c31-25(20-28-12-10-27(11-13-28)19-23-6-1-2-9-26-23)29-14-16-30(17-15-29)34(32,33)24-8-7-21-4-3-5-22(21)18-24/h1-2,6-9,18H,3-5,10-17,19-20H2. The van der Waals surface area contributed by atoms with Crippen LogP contribution in [-0.2, 0) is 34.2 Å². The van der Waals surface area contributed by atoms with Crippen LogP contribution in [0.25, 0.3) is 0 Å². The van der Waals surface area contributed by atoms with Crippen molar-refractivity contribution in [3.63, 3.8) is 0 Å². The van der Waals surface area contributed by atoms with E-state index >= 15 is 0 Å². The molecule has 0 radical (unpaired) electrons. The molecule has 0 unspecified atom stereocenters. The Kier molecular flexibility index (Phi) is 6.96. The molecule has 3 heterocycles. The van der Waals surface area contributed by atoms with Crippen LogP contribution in [0, 0.1) is 0 Å². The fourth-order valence-corrected chi connectivity index (χ4v) is 6.63. The van der Waals surface area contributed by atoms with E-state index in [-0.39, 0.29) is 5.91 Å². The van der Waals surface area contributed by atoms with Crippen molar-refractivity contribution >= 4 is 15.9 Å². The van der Waals surface area contributed by atoms with Gasteiger partial charge in [-0.25, -0.2) is 8.42 Å². The van der Waals surface area contributed by atoms with Gasteiger partial charge in [0, 0.05) is 65.1 Å². The zero-order chi connectivity index (χ0) is 23.5. The lowest BCUT2D eigenvalue weighted by Crippen LogP contribution is -2.54. The lowest BCUT2D eigenvalue weighted by Gasteiger charge is -2.37. The number of aromatic nitrogens is 1. The van der Waals surface area contributed by atoms with Crippen molar-refractivity contribution < 1.29 is 13.2 Å². The molecular formula is C25H33N5O3S. The molecular weight excluding hydrogens is 450 g/mol. The molecule has 2 saturated heterocycles. The molecule has 1 aromatic carbocycles. The number of amides is 1. The maximum atomic E-state index is 13.1. The number of fused-ring (bicyclic) bond motifs is 1. The van der Waals surface area contributed by atoms with Crippen LogP contribution in [0.2, 0.25) is 0 Å². The summed E-state index contributed by atoms with van der Waals surface area (Å²) in [5, 5.41) is 0. The lowest BCUT2D eigenvalue weighted by atomic mass is 10.1. The predicted octanol–water partition coefficient (Wildman–Crippen LogP) is 1.22. The number of carbonyl (C=O) groups is 1. The average Bonchev–Trinajstić information content (AvgIpc) is 3.34. The Morgan fingerprint density at radius 2 is 1.59 bits per heavy atom. The van der Waals surface area contributed by atoms with Crippen LogP contribution >= 0.6 is 0 Å². The number of nitrogens with zero attached hydrogens (tertiary/aromatic N) is 5. The highest BCUT2D eigenvalue weighted by Crippen LogP contribution is 2.26. The lowest BCUT2D eigenvalue weighted by molar-refractivity contribution is -0.134. The van der Waals surface area contributed by atoms with E-state index in [0.29, 0.717) is 37.6 Å². The molecule has 0 spiro atoms. The summed E-state index contributed by atoms with van der Waals surface area (Å²) in [5.74, 6) is 0.0905. The van der Waals surface area contributed by atoms with Crippen molar-refractivity contribution in [3.8, 4) is 0 Å². The number of piperazine rings is 2. The van der Waals surface area contributed by atoms with Gasteiger partial charge in [0.05, 0.1) is 17.1 Å². The van der Waals surface area contributed by atoms with Gasteiger partial charge in [-0.1, -0.05) is 12.1 Å². The fraction of sp³-hybridized carbons (Fsp3) is 0.520. The SMILES string of the molecule is O=C(CN1CCN(Cc2ccccn2)CC1)N1CCN(S(=O)(=O)c2ccc3c(c2)CCC3)CC1. The van der Waals surface area contributed by atoms with E-state index in [1.54, 1.807) is 6.07 Å². The molecule has 8 nitrogen and oxygen atoms in total. The summed E-state index contributed by atoms with van der Waals surface area (Å²) < 4.78 is 27.8. The molecule has 0 bridgehead atoms. The van der Waals surface area contributed by atoms with Gasteiger partial charge in [-0.15, -0.1) is 0 Å². The maximum Gasteiger partial charge on any atom is 0.243 e. The second kappa shape index (κ2) is 10.1. The van der Waals surface area contributed by atoms with Crippen LogP contribution in [0.3, 0.4) is 0 Å². The summed E-state index contributed by atoms with van der Waals surface area (Å²) >= 11 is 0. The average molecular weight is 484 g/mol. The molecule has 1 amide bonds. The Labute approximate surface area is 202 Å². The summed E-state index contributed by atoms with van der Waals surface area (Å²) in [6, 6.07) is 11.5. The summed E-state index contributed by atoms with van der Waals surface area (Å²) in [4.78, 5) is 24.0. The number of carbonyl (C=O) groups excluding carboxylic acids is 1. The van der Waals surface area contributed by atoms with Gasteiger partial charge in [0.15, 0.2) is 0 Å². The van der Waals surface area contributed by atoms with Gasteiger partial charge < -0.3 is 4.90 Å². The summed E-state index contributed by atoms with van der Waals surface area (Å²) in [5.41, 5.74) is 3.50. The second-order valence-corrected chi connectivity index (χ2v) is 11.4. The van der Waals surface area contributed by atoms with Crippen molar-refractivity contribution in [2.24, 2.45) is 0 Å². The minimum absolute atomic E-state index is 0.0905. The predicted molar refractivity (Wildman–Crippen MR) is 130 cm³/mol. The van der Waals surface area contributed by atoms with Gasteiger partial charge in [0.25, 0.3) is 0 Å². The van der Waals surface area contributed by atoms with E-state index in [2.05, 4.69) is 14.8 Å². The molecule has 3 aliphatic rings. The Morgan fingerprint density at radius 3 is 2.32 bits per heavy atom. The van der Waals surface area contributed by atoms with Gasteiger partial charge in [0.1, 0.15) is 0 Å². The van der Waals surface area contributed by atoms with Crippen LogP contribution in [0.15, 0.2) is 47.5 Å². The molecule has 1 aliphatic carbocycles. The Hall–Kier alpha value is -2.33. The molecule has 0 saturated carbocycles. The van der Waals surface area contributed by atoms with Crippen molar-refractivity contribution in [1.82, 2.24) is 24.0 Å². The van der Waals surface area contributed by atoms with Gasteiger partial charge in [0.2, 0.25) is 15.9 Å². The molecule has 182 valence electrons. The van der Waals surface area contributed by atoms with Crippen LogP contribution in [-0.4, -0.2) is 97.2 Å². The minimum Gasteiger partial charge on any atom is -0.339 e. The number of hydrogen-bond donors (Lipinski definition) is 0. The van der Waals surface area contributed by atoms with Crippen LogP contribution in [0.4, 0.5) is 0 Å². The summed E-state index contributed by atoms with van der Waals surface area (Å²) in [6.45, 7) is 6.36. The zero-order valence-electron chi connectivity index (χ0n) is 19.6. The highest BCUT2D eigenvalue weighted by molar-refractivity contribution is 7.89. The fourth-order valence-electron chi connectivity index (χ4n) is 5.15. The number of aryl methyl sites for hydroxylation is 2. The second-order valence-electron chi connectivity index (χ2n) is 9.44. The monoisotopic (exact) mass is 483 g/mol. The number of rotatable bonds is 6.